The average Bonchev–Trinajstić information content (AvgIpc) is 2.47. The second-order valence-electron chi connectivity index (χ2n) is 4.62. The molecular weight excluding hydrogens is 330 g/mol. The molecule has 1 aromatic carbocycles. The van der Waals surface area contributed by atoms with Crippen LogP contribution in [0.25, 0.3) is 5.70 Å². The van der Waals surface area contributed by atoms with Crippen LogP contribution in [0.2, 0.25) is 0 Å². The lowest BCUT2D eigenvalue weighted by molar-refractivity contribution is -0.128. The second-order valence-corrected chi connectivity index (χ2v) is 5.48. The van der Waals surface area contributed by atoms with Gasteiger partial charge < -0.3 is 9.64 Å². The van der Waals surface area contributed by atoms with Gasteiger partial charge in [-0.05, 0) is 54.4 Å². The molecule has 1 amide bonds. The number of ether oxygens (including phenoxy) is 1. The molecule has 0 atom stereocenters. The molecule has 1 heterocycles. The van der Waals surface area contributed by atoms with Crippen LogP contribution in [0.1, 0.15) is 32.3 Å². The molecule has 0 radical (unpaired) electrons. The fraction of sp³-hybridized carbons (Fsp3) is 0.353. The lowest BCUT2D eigenvalue weighted by Gasteiger charge is -2.28. The minimum atomic E-state index is 0.181. The molecule has 3 nitrogen and oxygen atoms in total. The predicted octanol–water partition coefficient (Wildman–Crippen LogP) is 3.83. The second kappa shape index (κ2) is 7.33. The van der Waals surface area contributed by atoms with Crippen LogP contribution in [0.15, 0.2) is 28.7 Å². The third-order valence-corrected chi connectivity index (χ3v) is 3.96. The van der Waals surface area contributed by atoms with Gasteiger partial charge in [-0.25, -0.2) is 0 Å². The summed E-state index contributed by atoms with van der Waals surface area (Å²) in [5, 5.41) is 0. The van der Waals surface area contributed by atoms with Gasteiger partial charge in [0, 0.05) is 28.7 Å². The highest BCUT2D eigenvalue weighted by atomic mass is 79.9. The molecular formula is C17H18BrNO2. The molecule has 0 saturated carbocycles. The van der Waals surface area contributed by atoms with Crippen LogP contribution < -0.4 is 4.74 Å². The van der Waals surface area contributed by atoms with E-state index in [2.05, 4.69) is 33.8 Å². The normalized spacial score (nSPS) is 14.3. The van der Waals surface area contributed by atoms with Crippen LogP contribution in [-0.4, -0.2) is 24.0 Å². The molecule has 1 aliphatic rings. The van der Waals surface area contributed by atoms with Crippen LogP contribution in [0.5, 0.6) is 5.75 Å². The summed E-state index contributed by atoms with van der Waals surface area (Å²) in [4.78, 5) is 13.8. The summed E-state index contributed by atoms with van der Waals surface area (Å²) in [6.45, 7) is 4.84. The molecule has 2 rings (SSSR count). The maximum atomic E-state index is 12.0. The van der Waals surface area contributed by atoms with Gasteiger partial charge in [-0.1, -0.05) is 12.0 Å². The van der Waals surface area contributed by atoms with Crippen molar-refractivity contribution in [1.82, 2.24) is 4.90 Å². The van der Waals surface area contributed by atoms with E-state index in [1.54, 1.807) is 6.92 Å². The van der Waals surface area contributed by atoms with E-state index in [1.807, 2.05) is 30.0 Å². The van der Waals surface area contributed by atoms with Gasteiger partial charge in [0.25, 0.3) is 0 Å². The quantitative estimate of drug-likeness (QED) is 0.774. The third-order valence-electron chi connectivity index (χ3n) is 3.31. The molecule has 4 heteroatoms. The maximum Gasteiger partial charge on any atom is 0.227 e. The van der Waals surface area contributed by atoms with Crippen molar-refractivity contribution in [3.05, 3.63) is 34.3 Å². The first kappa shape index (κ1) is 15.7. The number of rotatable bonds is 4. The topological polar surface area (TPSA) is 29.5 Å². The van der Waals surface area contributed by atoms with Gasteiger partial charge in [0.15, 0.2) is 0 Å². The highest BCUT2D eigenvalue weighted by Gasteiger charge is 2.22. The Morgan fingerprint density at radius 2 is 2.24 bits per heavy atom. The van der Waals surface area contributed by atoms with Gasteiger partial charge in [-0.2, -0.15) is 0 Å². The molecule has 110 valence electrons. The Labute approximate surface area is 134 Å². The summed E-state index contributed by atoms with van der Waals surface area (Å²) in [5.41, 5.74) is 1.99. The number of amides is 1. The molecule has 0 N–H and O–H groups in total. The average molecular weight is 348 g/mol. The molecule has 1 aliphatic heterocycles. The van der Waals surface area contributed by atoms with Gasteiger partial charge in [-0.3, -0.25) is 4.79 Å². The number of hydrogen-bond donors (Lipinski definition) is 0. The van der Waals surface area contributed by atoms with Crippen molar-refractivity contribution < 1.29 is 9.53 Å². The Bertz CT molecular complexity index is 625. The van der Waals surface area contributed by atoms with E-state index in [0.29, 0.717) is 19.6 Å². The number of nitrogens with zero attached hydrogens (tertiary/aromatic N) is 1. The molecule has 0 spiro atoms. The van der Waals surface area contributed by atoms with Gasteiger partial charge >= 0.3 is 0 Å². The maximum absolute atomic E-state index is 12.0. The largest absolute Gasteiger partial charge is 0.481 e. The van der Waals surface area contributed by atoms with Gasteiger partial charge in [0.2, 0.25) is 5.91 Å². The zero-order chi connectivity index (χ0) is 15.2. The number of allylic oxidation sites excluding steroid dienone is 1. The highest BCUT2D eigenvalue weighted by molar-refractivity contribution is 9.10. The first-order chi connectivity index (χ1) is 10.2. The van der Waals surface area contributed by atoms with E-state index >= 15 is 0 Å². The van der Waals surface area contributed by atoms with Crippen LogP contribution in [0, 0.1) is 11.8 Å². The Kier molecular flexibility index (Phi) is 5.46. The molecule has 0 aromatic heterocycles. The summed E-state index contributed by atoms with van der Waals surface area (Å²) >= 11 is 3.57. The zero-order valence-corrected chi connectivity index (χ0v) is 13.9. The lowest BCUT2D eigenvalue weighted by atomic mass is 10.0. The minimum absolute atomic E-state index is 0.181. The summed E-state index contributed by atoms with van der Waals surface area (Å²) in [5.74, 6) is 6.60. The van der Waals surface area contributed by atoms with Crippen LogP contribution >= 0.6 is 15.9 Å². The fourth-order valence-corrected chi connectivity index (χ4v) is 2.86. The Balaban J connectivity index is 2.25. The third kappa shape index (κ3) is 3.68. The lowest BCUT2D eigenvalue weighted by Crippen LogP contribution is -2.31. The Hall–Kier alpha value is -1.73. The van der Waals surface area contributed by atoms with Crippen molar-refractivity contribution in [1.29, 1.82) is 0 Å². The summed E-state index contributed by atoms with van der Waals surface area (Å²) in [6, 6.07) is 5.80. The molecule has 1 aromatic rings. The number of hydrogen-bond acceptors (Lipinski definition) is 2. The molecule has 0 unspecified atom stereocenters. The van der Waals surface area contributed by atoms with Crippen molar-refractivity contribution in [3.8, 4) is 17.6 Å². The van der Waals surface area contributed by atoms with Gasteiger partial charge in [-0.15, -0.1) is 5.92 Å². The highest BCUT2D eigenvalue weighted by Crippen LogP contribution is 2.33. The van der Waals surface area contributed by atoms with Crippen molar-refractivity contribution in [2.45, 2.75) is 26.7 Å². The van der Waals surface area contributed by atoms with E-state index in [-0.39, 0.29) is 5.91 Å². The van der Waals surface area contributed by atoms with Crippen molar-refractivity contribution in [2.24, 2.45) is 0 Å². The van der Waals surface area contributed by atoms with Crippen molar-refractivity contribution in [2.75, 3.05) is 13.2 Å². The number of benzene rings is 1. The van der Waals surface area contributed by atoms with Crippen molar-refractivity contribution >= 4 is 27.5 Å². The predicted molar refractivity (Wildman–Crippen MR) is 87.7 cm³/mol. The number of halogens is 1. The summed E-state index contributed by atoms with van der Waals surface area (Å²) < 4.78 is 6.46. The molecule has 0 bridgehead atoms. The van der Waals surface area contributed by atoms with Crippen LogP contribution in [-0.2, 0) is 4.79 Å². The monoisotopic (exact) mass is 347 g/mol. The molecule has 0 saturated heterocycles. The summed E-state index contributed by atoms with van der Waals surface area (Å²) in [6.07, 6.45) is 3.50. The van der Waals surface area contributed by atoms with E-state index < -0.39 is 0 Å². The van der Waals surface area contributed by atoms with Crippen LogP contribution in [0.4, 0.5) is 0 Å². The standard InChI is InChI=1S/C17H18BrNO2/c1-3-5-11-21-13-9-10-14(15(18)12-13)16-7-6-8-17(20)19(16)4-2/h7,9-10,12H,4,6,8,11H2,1-2H3. The van der Waals surface area contributed by atoms with Crippen molar-refractivity contribution in [3.63, 3.8) is 0 Å². The first-order valence-electron chi connectivity index (χ1n) is 7.00. The Morgan fingerprint density at radius 1 is 1.43 bits per heavy atom. The number of carbonyl (C=O) groups excluding carboxylic acids is 1. The summed E-state index contributed by atoms with van der Waals surface area (Å²) in [7, 11) is 0. The molecule has 0 fully saturated rings. The Morgan fingerprint density at radius 3 is 2.90 bits per heavy atom. The molecule has 0 aliphatic carbocycles. The number of carbonyl (C=O) groups is 1. The minimum Gasteiger partial charge on any atom is -0.481 e. The van der Waals surface area contributed by atoms with Gasteiger partial charge in [0.05, 0.1) is 0 Å². The SMILES string of the molecule is CC#CCOc1ccc(C2=CCCC(=O)N2CC)c(Br)c1. The van der Waals surface area contributed by atoms with Crippen LogP contribution in [0.3, 0.4) is 0 Å². The zero-order valence-electron chi connectivity index (χ0n) is 12.3. The fourth-order valence-electron chi connectivity index (χ4n) is 2.30. The van der Waals surface area contributed by atoms with E-state index in [9.17, 15) is 4.79 Å². The van der Waals surface area contributed by atoms with E-state index in [1.165, 1.54) is 0 Å². The van der Waals surface area contributed by atoms with E-state index in [4.69, 9.17) is 4.74 Å². The van der Waals surface area contributed by atoms with Gasteiger partial charge in [0.1, 0.15) is 12.4 Å². The first-order valence-corrected chi connectivity index (χ1v) is 7.79. The smallest absolute Gasteiger partial charge is 0.227 e. The van der Waals surface area contributed by atoms with E-state index in [0.717, 1.165) is 27.9 Å². The molecule has 21 heavy (non-hydrogen) atoms.